The van der Waals surface area contributed by atoms with Crippen LogP contribution >= 0.6 is 0 Å². The Balaban J connectivity index is 1.54. The monoisotopic (exact) mass is 381 g/mol. The van der Waals surface area contributed by atoms with Gasteiger partial charge in [-0.05, 0) is 48.2 Å². The smallest absolute Gasteiger partial charge is 0.288 e. The van der Waals surface area contributed by atoms with Crippen molar-refractivity contribution < 1.29 is 9.13 Å². The van der Waals surface area contributed by atoms with Gasteiger partial charge in [0.1, 0.15) is 11.9 Å². The molecule has 2 heterocycles. The van der Waals surface area contributed by atoms with E-state index in [4.69, 9.17) is 9.73 Å². The molecule has 2 atom stereocenters. The van der Waals surface area contributed by atoms with Crippen molar-refractivity contribution in [1.82, 2.24) is 10.2 Å². The van der Waals surface area contributed by atoms with Crippen LogP contribution in [0.15, 0.2) is 53.5 Å². The number of nitrogens with zero attached hydrogens (tertiary/aromatic N) is 2. The summed E-state index contributed by atoms with van der Waals surface area (Å²) in [5.41, 5.74) is 3.64. The Bertz CT molecular complexity index is 821. The Morgan fingerprint density at radius 3 is 2.82 bits per heavy atom. The Morgan fingerprint density at radius 1 is 1.18 bits per heavy atom. The summed E-state index contributed by atoms with van der Waals surface area (Å²) in [4.78, 5) is 6.95. The summed E-state index contributed by atoms with van der Waals surface area (Å²) >= 11 is 0. The first kappa shape index (κ1) is 18.9. The van der Waals surface area contributed by atoms with E-state index in [9.17, 15) is 4.39 Å². The van der Waals surface area contributed by atoms with Crippen LogP contribution < -0.4 is 5.32 Å². The Kier molecular flexibility index (Phi) is 5.91. The zero-order valence-electron chi connectivity index (χ0n) is 16.4. The molecule has 0 bridgehead atoms. The van der Waals surface area contributed by atoms with E-state index in [1.807, 2.05) is 12.1 Å². The molecule has 0 amide bonds. The summed E-state index contributed by atoms with van der Waals surface area (Å²) in [6.45, 7) is 5.55. The van der Waals surface area contributed by atoms with Crippen molar-refractivity contribution in [3.8, 4) is 0 Å². The van der Waals surface area contributed by atoms with Gasteiger partial charge in [0.05, 0.1) is 12.6 Å². The fourth-order valence-corrected chi connectivity index (χ4v) is 4.01. The van der Waals surface area contributed by atoms with Crippen LogP contribution in [-0.4, -0.2) is 43.2 Å². The van der Waals surface area contributed by atoms with Crippen LogP contribution in [0.25, 0.3) is 0 Å². The lowest BCUT2D eigenvalue weighted by molar-refractivity contribution is 0.166. The first-order chi connectivity index (χ1) is 13.8. The number of unbranched alkanes of at least 4 members (excludes halogenated alkanes) is 1. The minimum atomic E-state index is -0.216. The lowest BCUT2D eigenvalue weighted by atomic mass is 9.88. The third-order valence-corrected chi connectivity index (χ3v) is 5.50. The van der Waals surface area contributed by atoms with Gasteiger partial charge in [-0.25, -0.2) is 9.38 Å². The highest BCUT2D eigenvalue weighted by Crippen LogP contribution is 2.36. The van der Waals surface area contributed by atoms with Crippen LogP contribution in [-0.2, 0) is 11.2 Å². The third kappa shape index (κ3) is 4.04. The van der Waals surface area contributed by atoms with Crippen LogP contribution in [0.5, 0.6) is 0 Å². The predicted octanol–water partition coefficient (Wildman–Crippen LogP) is 3.92. The summed E-state index contributed by atoms with van der Waals surface area (Å²) in [6.07, 6.45) is 3.40. The Hall–Kier alpha value is -2.40. The molecule has 2 aromatic carbocycles. The number of hydrogen-bond acceptors (Lipinski definition) is 4. The molecule has 0 unspecified atom stereocenters. The molecule has 0 radical (unpaired) electrons. The fraction of sp³-hybridized carbons (Fsp3) is 0.435. The first-order valence-electron chi connectivity index (χ1n) is 10.3. The zero-order chi connectivity index (χ0) is 19.3. The van der Waals surface area contributed by atoms with Crippen molar-refractivity contribution in [3.05, 3.63) is 71.0 Å². The Morgan fingerprint density at radius 2 is 2.00 bits per heavy atom. The number of benzene rings is 2. The number of fused-ring (bicyclic) bond motifs is 1. The second-order valence-electron chi connectivity index (χ2n) is 7.52. The van der Waals surface area contributed by atoms with Crippen LogP contribution in [0.1, 0.15) is 42.5 Å². The molecule has 0 saturated carbocycles. The summed E-state index contributed by atoms with van der Waals surface area (Å²) < 4.78 is 19.7. The number of nitrogens with one attached hydrogen (secondary N) is 1. The molecule has 0 spiro atoms. The standard InChI is InChI=1S/C23H28FN3O/c1-2-3-13-25-15-20-16-26-23(28-20)27-14-12-17-6-4-5-7-21(17)22(27)18-8-10-19(24)11-9-18/h4-11,20,22,25H,2-3,12-16H2,1H3/t20-,22-/m0/s1. The summed E-state index contributed by atoms with van der Waals surface area (Å²) in [7, 11) is 0. The van der Waals surface area contributed by atoms with E-state index < -0.39 is 0 Å². The maximum absolute atomic E-state index is 13.5. The predicted molar refractivity (Wildman–Crippen MR) is 110 cm³/mol. The van der Waals surface area contributed by atoms with Gasteiger partial charge in [0.2, 0.25) is 0 Å². The molecule has 0 fully saturated rings. The zero-order valence-corrected chi connectivity index (χ0v) is 16.4. The van der Waals surface area contributed by atoms with Gasteiger partial charge < -0.3 is 15.0 Å². The number of hydrogen-bond donors (Lipinski definition) is 1. The van der Waals surface area contributed by atoms with Crippen molar-refractivity contribution >= 4 is 6.02 Å². The summed E-state index contributed by atoms with van der Waals surface area (Å²) in [5, 5.41) is 3.46. The SMILES string of the molecule is CCCCNC[C@H]1CN=C(N2CCc3ccccc3[C@@H]2c2ccc(F)cc2)O1. The molecule has 2 aromatic rings. The molecule has 1 N–H and O–H groups in total. The first-order valence-corrected chi connectivity index (χ1v) is 10.3. The van der Waals surface area contributed by atoms with Crippen molar-refractivity contribution in [1.29, 1.82) is 0 Å². The van der Waals surface area contributed by atoms with Gasteiger partial charge in [-0.15, -0.1) is 0 Å². The van der Waals surface area contributed by atoms with Crippen molar-refractivity contribution in [2.45, 2.75) is 38.3 Å². The number of aliphatic imine (C=N–C) groups is 1. The van der Waals surface area contributed by atoms with Crippen LogP contribution in [0, 0.1) is 5.82 Å². The van der Waals surface area contributed by atoms with Crippen LogP contribution in [0.2, 0.25) is 0 Å². The number of rotatable bonds is 6. The van der Waals surface area contributed by atoms with Gasteiger partial charge in [-0.1, -0.05) is 49.7 Å². The molecular formula is C23H28FN3O. The lowest BCUT2D eigenvalue weighted by Crippen LogP contribution is -2.42. The molecule has 0 aliphatic carbocycles. The van der Waals surface area contributed by atoms with Crippen molar-refractivity contribution in [2.24, 2.45) is 4.99 Å². The van der Waals surface area contributed by atoms with E-state index in [-0.39, 0.29) is 18.0 Å². The van der Waals surface area contributed by atoms with E-state index in [2.05, 4.69) is 41.4 Å². The highest BCUT2D eigenvalue weighted by atomic mass is 19.1. The molecule has 5 heteroatoms. The van der Waals surface area contributed by atoms with Gasteiger partial charge in [-0.2, -0.15) is 0 Å². The van der Waals surface area contributed by atoms with E-state index >= 15 is 0 Å². The van der Waals surface area contributed by atoms with Crippen molar-refractivity contribution in [3.63, 3.8) is 0 Å². The second kappa shape index (κ2) is 8.74. The molecule has 0 aromatic heterocycles. The summed E-state index contributed by atoms with van der Waals surface area (Å²) in [6, 6.07) is 16.0. The minimum absolute atomic E-state index is 0.00361. The number of halogens is 1. The molecule has 148 valence electrons. The minimum Gasteiger partial charge on any atom is -0.458 e. The second-order valence-corrected chi connectivity index (χ2v) is 7.52. The highest BCUT2D eigenvalue weighted by Gasteiger charge is 2.34. The van der Waals surface area contributed by atoms with Crippen LogP contribution in [0.3, 0.4) is 0 Å². The average Bonchev–Trinajstić information content (AvgIpc) is 3.20. The maximum Gasteiger partial charge on any atom is 0.288 e. The van der Waals surface area contributed by atoms with Gasteiger partial charge in [0, 0.05) is 13.1 Å². The molecule has 2 aliphatic rings. The van der Waals surface area contributed by atoms with Gasteiger partial charge in [-0.3, -0.25) is 0 Å². The molecule has 2 aliphatic heterocycles. The molecule has 4 nitrogen and oxygen atoms in total. The summed E-state index contributed by atoms with van der Waals surface area (Å²) in [5.74, 6) is -0.216. The number of ether oxygens (including phenoxy) is 1. The fourth-order valence-electron chi connectivity index (χ4n) is 4.01. The largest absolute Gasteiger partial charge is 0.458 e. The normalized spacial score (nSPS) is 21.2. The lowest BCUT2D eigenvalue weighted by Gasteiger charge is -2.38. The average molecular weight is 381 g/mol. The van der Waals surface area contributed by atoms with Gasteiger partial charge in [0.15, 0.2) is 0 Å². The van der Waals surface area contributed by atoms with Crippen LogP contribution in [0.4, 0.5) is 4.39 Å². The van der Waals surface area contributed by atoms with Crippen molar-refractivity contribution in [2.75, 3.05) is 26.2 Å². The van der Waals surface area contributed by atoms with E-state index in [1.165, 1.54) is 36.1 Å². The van der Waals surface area contributed by atoms with Gasteiger partial charge in [0.25, 0.3) is 6.02 Å². The third-order valence-electron chi connectivity index (χ3n) is 5.50. The van der Waals surface area contributed by atoms with E-state index in [0.29, 0.717) is 12.6 Å². The number of amidine groups is 1. The highest BCUT2D eigenvalue weighted by molar-refractivity contribution is 5.77. The van der Waals surface area contributed by atoms with E-state index in [1.54, 1.807) is 0 Å². The van der Waals surface area contributed by atoms with E-state index in [0.717, 1.165) is 31.6 Å². The van der Waals surface area contributed by atoms with Gasteiger partial charge >= 0.3 is 0 Å². The topological polar surface area (TPSA) is 36.9 Å². The molecule has 4 rings (SSSR count). The molecule has 28 heavy (non-hydrogen) atoms. The Labute approximate surface area is 166 Å². The quantitative estimate of drug-likeness (QED) is 0.771. The maximum atomic E-state index is 13.5. The molecular weight excluding hydrogens is 353 g/mol. The molecule has 0 saturated heterocycles.